The number of imide groups is 1. The van der Waals surface area contributed by atoms with Crippen molar-refractivity contribution in [3.8, 4) is 5.75 Å². The van der Waals surface area contributed by atoms with Gasteiger partial charge in [0.05, 0.1) is 32.0 Å². The van der Waals surface area contributed by atoms with Gasteiger partial charge in [-0.3, -0.25) is 24.6 Å². The van der Waals surface area contributed by atoms with E-state index < -0.39 is 22.0 Å². The molecule has 0 saturated carbocycles. The second-order valence-electron chi connectivity index (χ2n) is 7.28. The number of benzene rings is 3. The van der Waals surface area contributed by atoms with Crippen LogP contribution in [0.15, 0.2) is 71.6 Å². The van der Waals surface area contributed by atoms with Crippen LogP contribution in [0.2, 0.25) is 10.0 Å². The van der Waals surface area contributed by atoms with Crippen LogP contribution in [-0.2, 0) is 11.3 Å². The van der Waals surface area contributed by atoms with Gasteiger partial charge in [0.15, 0.2) is 0 Å². The summed E-state index contributed by atoms with van der Waals surface area (Å²) >= 11 is 12.7. The number of carbonyl (C=O) groups excluding carboxylic acids is 3. The summed E-state index contributed by atoms with van der Waals surface area (Å²) in [6.07, 6.45) is 1.56. The van der Waals surface area contributed by atoms with Crippen molar-refractivity contribution in [3.63, 3.8) is 0 Å². The van der Waals surface area contributed by atoms with Crippen molar-refractivity contribution in [2.75, 3.05) is 0 Å². The molecule has 0 N–H and O–H groups in total. The highest BCUT2D eigenvalue weighted by atomic mass is 35.5. The molecule has 1 aliphatic rings. The number of amides is 2. The van der Waals surface area contributed by atoms with Crippen molar-refractivity contribution in [2.24, 2.45) is 0 Å². The van der Waals surface area contributed by atoms with E-state index in [1.807, 2.05) is 0 Å². The normalized spacial score (nSPS) is 14.5. The quantitative estimate of drug-likeness (QED) is 0.120. The van der Waals surface area contributed by atoms with Crippen molar-refractivity contribution in [3.05, 3.63) is 108 Å². The minimum atomic E-state index is -0.745. The van der Waals surface area contributed by atoms with Gasteiger partial charge in [0.2, 0.25) is 0 Å². The van der Waals surface area contributed by atoms with Crippen LogP contribution >= 0.6 is 35.0 Å². The van der Waals surface area contributed by atoms with E-state index in [1.165, 1.54) is 30.3 Å². The molecule has 0 unspecified atom stereocenters. The van der Waals surface area contributed by atoms with Crippen LogP contribution < -0.4 is 4.74 Å². The summed E-state index contributed by atoms with van der Waals surface area (Å²) in [6.45, 7) is 0.0609. The van der Waals surface area contributed by atoms with E-state index in [0.29, 0.717) is 21.2 Å². The molecule has 4 rings (SSSR count). The summed E-state index contributed by atoms with van der Waals surface area (Å²) in [4.78, 5) is 49.1. The van der Waals surface area contributed by atoms with E-state index in [2.05, 4.69) is 0 Å². The number of halogens is 2. The summed E-state index contributed by atoms with van der Waals surface area (Å²) in [7, 11) is 0. The third-order valence-corrected chi connectivity index (χ3v) is 6.53. The fourth-order valence-electron chi connectivity index (χ4n) is 3.15. The van der Waals surface area contributed by atoms with Gasteiger partial charge < -0.3 is 4.74 Å². The Morgan fingerprint density at radius 3 is 2.46 bits per heavy atom. The van der Waals surface area contributed by atoms with Crippen LogP contribution in [0.5, 0.6) is 5.75 Å². The molecule has 0 spiro atoms. The zero-order chi connectivity index (χ0) is 25.1. The lowest BCUT2D eigenvalue weighted by Gasteiger charge is -2.12. The van der Waals surface area contributed by atoms with Gasteiger partial charge in [-0.05, 0) is 59.3 Å². The molecule has 0 bridgehead atoms. The van der Waals surface area contributed by atoms with Crippen LogP contribution in [0.25, 0.3) is 6.08 Å². The first-order chi connectivity index (χ1) is 16.7. The maximum Gasteiger partial charge on any atom is 0.343 e. The highest BCUT2D eigenvalue weighted by molar-refractivity contribution is 8.18. The topological polar surface area (TPSA) is 107 Å². The van der Waals surface area contributed by atoms with Crippen molar-refractivity contribution < 1.29 is 24.0 Å². The number of hydrogen-bond donors (Lipinski definition) is 0. The van der Waals surface area contributed by atoms with Crippen molar-refractivity contribution in [1.82, 2.24) is 4.90 Å². The number of nitrogens with zero attached hydrogens (tertiary/aromatic N) is 2. The minimum absolute atomic E-state index is 0.0407. The van der Waals surface area contributed by atoms with Crippen LogP contribution in [-0.4, -0.2) is 26.9 Å². The number of thioether (sulfide) groups is 1. The molecule has 0 radical (unpaired) electrons. The summed E-state index contributed by atoms with van der Waals surface area (Å²) in [5, 5.41) is 11.2. The highest BCUT2D eigenvalue weighted by Gasteiger charge is 2.35. The number of esters is 1. The van der Waals surface area contributed by atoms with Crippen LogP contribution in [0.1, 0.15) is 21.5 Å². The number of non-ortho nitro benzene ring substituents is 1. The number of rotatable bonds is 6. The first kappa shape index (κ1) is 24.5. The zero-order valence-corrected chi connectivity index (χ0v) is 20.0. The van der Waals surface area contributed by atoms with Gasteiger partial charge in [0.1, 0.15) is 5.75 Å². The van der Waals surface area contributed by atoms with E-state index >= 15 is 0 Å². The molecule has 1 aliphatic heterocycles. The molecule has 1 heterocycles. The SMILES string of the molecule is O=C(Oc1ccc(/C=C2\SC(=O)N(Cc3ccc(Cl)c(Cl)c3)C2=O)cc1)c1cccc([N+](=O)[O-])c1. The molecule has 0 atom stereocenters. The Bertz CT molecular complexity index is 1390. The molecule has 35 heavy (non-hydrogen) atoms. The number of nitro groups is 1. The fraction of sp³-hybridized carbons (Fsp3) is 0.0417. The Labute approximate surface area is 213 Å². The van der Waals surface area contributed by atoms with Crippen molar-refractivity contribution >= 4 is 63.8 Å². The average Bonchev–Trinajstić information content (AvgIpc) is 3.10. The third kappa shape index (κ3) is 5.71. The number of carbonyl (C=O) groups is 3. The molecular weight excluding hydrogens is 515 g/mol. The maximum absolute atomic E-state index is 12.8. The molecule has 3 aromatic carbocycles. The Kier molecular flexibility index (Phi) is 7.20. The standard InChI is InChI=1S/C24H14Cl2N2O6S/c25-19-9-6-15(10-20(19)26)13-27-22(29)21(35-24(27)31)11-14-4-7-18(8-5-14)34-23(30)16-2-1-3-17(12-16)28(32)33/h1-12H,13H2/b21-11-. The molecule has 3 aromatic rings. The Morgan fingerprint density at radius 1 is 1.03 bits per heavy atom. The third-order valence-electron chi connectivity index (χ3n) is 4.88. The van der Waals surface area contributed by atoms with Gasteiger partial charge in [0, 0.05) is 12.1 Å². The second-order valence-corrected chi connectivity index (χ2v) is 9.09. The lowest BCUT2D eigenvalue weighted by molar-refractivity contribution is -0.384. The minimum Gasteiger partial charge on any atom is -0.423 e. The van der Waals surface area contributed by atoms with Crippen LogP contribution in [0.4, 0.5) is 10.5 Å². The van der Waals surface area contributed by atoms with E-state index in [-0.39, 0.29) is 28.5 Å². The molecule has 2 amide bonds. The molecule has 0 aliphatic carbocycles. The molecule has 1 saturated heterocycles. The Hall–Kier alpha value is -3.66. The van der Waals surface area contributed by atoms with E-state index in [1.54, 1.807) is 36.4 Å². The van der Waals surface area contributed by atoms with E-state index in [4.69, 9.17) is 27.9 Å². The lowest BCUT2D eigenvalue weighted by Crippen LogP contribution is -2.27. The van der Waals surface area contributed by atoms with Gasteiger partial charge >= 0.3 is 5.97 Å². The highest BCUT2D eigenvalue weighted by Crippen LogP contribution is 2.34. The van der Waals surface area contributed by atoms with Gasteiger partial charge in [-0.15, -0.1) is 0 Å². The molecule has 1 fully saturated rings. The van der Waals surface area contributed by atoms with Gasteiger partial charge in [0.25, 0.3) is 16.8 Å². The monoisotopic (exact) mass is 528 g/mol. The van der Waals surface area contributed by atoms with Crippen molar-refractivity contribution in [2.45, 2.75) is 6.54 Å². The summed E-state index contributed by atoms with van der Waals surface area (Å²) < 4.78 is 5.26. The lowest BCUT2D eigenvalue weighted by atomic mass is 10.2. The average molecular weight is 529 g/mol. The number of ether oxygens (including phenoxy) is 1. The van der Waals surface area contributed by atoms with E-state index in [0.717, 1.165) is 22.7 Å². The summed E-state index contributed by atoms with van der Waals surface area (Å²) in [5.41, 5.74) is 1.10. The van der Waals surface area contributed by atoms with Crippen LogP contribution in [0, 0.1) is 10.1 Å². The second kappa shape index (κ2) is 10.3. The predicted octanol–water partition coefficient (Wildman–Crippen LogP) is 6.36. The smallest absolute Gasteiger partial charge is 0.343 e. The van der Waals surface area contributed by atoms with Gasteiger partial charge in [-0.25, -0.2) is 4.79 Å². The number of nitro benzene ring substituents is 1. The number of hydrogen-bond acceptors (Lipinski definition) is 7. The molecule has 176 valence electrons. The van der Waals surface area contributed by atoms with Gasteiger partial charge in [-0.1, -0.05) is 47.5 Å². The zero-order valence-electron chi connectivity index (χ0n) is 17.6. The molecule has 0 aromatic heterocycles. The Balaban J connectivity index is 1.43. The van der Waals surface area contributed by atoms with Crippen LogP contribution in [0.3, 0.4) is 0 Å². The predicted molar refractivity (Wildman–Crippen MR) is 132 cm³/mol. The largest absolute Gasteiger partial charge is 0.423 e. The molecular formula is C24H14Cl2N2O6S. The van der Waals surface area contributed by atoms with E-state index in [9.17, 15) is 24.5 Å². The molecule has 8 nitrogen and oxygen atoms in total. The molecule has 11 heteroatoms. The van der Waals surface area contributed by atoms with Crippen molar-refractivity contribution in [1.29, 1.82) is 0 Å². The van der Waals surface area contributed by atoms with Gasteiger partial charge in [-0.2, -0.15) is 0 Å². The maximum atomic E-state index is 12.8. The first-order valence-electron chi connectivity index (χ1n) is 9.97. The Morgan fingerprint density at radius 2 is 1.77 bits per heavy atom. The summed E-state index contributed by atoms with van der Waals surface area (Å²) in [6, 6.07) is 16.4. The first-order valence-corrected chi connectivity index (χ1v) is 11.5. The fourth-order valence-corrected chi connectivity index (χ4v) is 4.31. The summed E-state index contributed by atoms with van der Waals surface area (Å²) in [5.74, 6) is -0.969.